The second-order valence-electron chi connectivity index (χ2n) is 18.7. The minimum absolute atomic E-state index is 0.0584. The minimum Gasteiger partial charge on any atom is -0.481 e. The van der Waals surface area contributed by atoms with Crippen molar-refractivity contribution < 1.29 is 68.1 Å². The SMILES string of the molecule is CC(C)C[C@H](NC(=O)[C@@H](N)C(C)C)C(=O)N[C@@H](CCC(=O)O)C(=O)N[C@@H](CC(=O)O)C(=O)N1CCC[C@H]1C(=O)N[C@H](C(=O)N[C@@H](Cc1cnc[nH]1)C(=O)N[C@@H](C)C(=O)N[C@H](C(=O)O)C(C)C)C(C)C. The number of nitrogens with zero attached hydrogens (tertiary/aromatic N) is 2. The van der Waals surface area contributed by atoms with Crippen LogP contribution in [0.15, 0.2) is 12.5 Å². The molecule has 25 nitrogen and oxygen atoms in total. The number of carboxylic acids is 3. The lowest BCUT2D eigenvalue weighted by Gasteiger charge is -2.31. The molecule has 0 aliphatic carbocycles. The average Bonchev–Trinajstić information content (AvgIpc) is 3.97. The first-order valence-corrected chi connectivity index (χ1v) is 23.0. The summed E-state index contributed by atoms with van der Waals surface area (Å²) in [5, 5.41) is 46.2. The number of hydrogen-bond donors (Lipinski definition) is 12. The third-order valence-corrected chi connectivity index (χ3v) is 11.3. The molecule has 1 fully saturated rings. The first-order chi connectivity index (χ1) is 32.1. The predicted molar refractivity (Wildman–Crippen MR) is 245 cm³/mol. The van der Waals surface area contributed by atoms with E-state index in [1.54, 1.807) is 55.4 Å². The molecule has 1 saturated heterocycles. The van der Waals surface area contributed by atoms with Gasteiger partial charge in [-0.15, -0.1) is 0 Å². The highest BCUT2D eigenvalue weighted by atomic mass is 16.4. The fourth-order valence-electron chi connectivity index (χ4n) is 7.28. The van der Waals surface area contributed by atoms with Crippen LogP contribution in [-0.2, 0) is 59.2 Å². The fourth-order valence-corrected chi connectivity index (χ4v) is 7.28. The lowest BCUT2D eigenvalue weighted by molar-refractivity contribution is -0.146. The number of likely N-dealkylation sites (tertiary alicyclic amines) is 1. The second-order valence-corrected chi connectivity index (χ2v) is 18.7. The Balaban J connectivity index is 2.33. The molecule has 25 heteroatoms. The maximum Gasteiger partial charge on any atom is 0.326 e. The summed E-state index contributed by atoms with van der Waals surface area (Å²) in [6, 6.07) is -12.1. The Kier molecular flexibility index (Phi) is 23.2. The van der Waals surface area contributed by atoms with E-state index in [0.29, 0.717) is 5.69 Å². The number of aromatic nitrogens is 2. The Hall–Kier alpha value is -6.66. The highest BCUT2D eigenvalue weighted by Gasteiger charge is 2.41. The molecule has 0 radical (unpaired) electrons. The molecule has 0 unspecified atom stereocenters. The van der Waals surface area contributed by atoms with Crippen LogP contribution in [0.1, 0.15) is 107 Å². The van der Waals surface area contributed by atoms with Gasteiger partial charge < -0.3 is 68.2 Å². The Bertz CT molecular complexity index is 1990. The average molecular weight is 978 g/mol. The summed E-state index contributed by atoms with van der Waals surface area (Å²) in [7, 11) is 0. The zero-order valence-corrected chi connectivity index (χ0v) is 40.6. The molecule has 0 saturated carbocycles. The van der Waals surface area contributed by atoms with Crippen LogP contribution in [-0.4, -0.2) is 156 Å². The van der Waals surface area contributed by atoms with Crippen molar-refractivity contribution in [1.82, 2.24) is 52.1 Å². The quantitative estimate of drug-likeness (QED) is 0.0437. The number of carboxylic acid groups (broad SMARTS) is 3. The van der Waals surface area contributed by atoms with Crippen LogP contribution in [0.2, 0.25) is 0 Å². The van der Waals surface area contributed by atoms with E-state index in [9.17, 15) is 68.1 Å². The largest absolute Gasteiger partial charge is 0.481 e. The molecule has 2 heterocycles. The summed E-state index contributed by atoms with van der Waals surface area (Å²) < 4.78 is 0. The number of hydrogen-bond acceptors (Lipinski definition) is 13. The molecule has 0 bridgehead atoms. The monoisotopic (exact) mass is 978 g/mol. The van der Waals surface area contributed by atoms with Gasteiger partial charge in [-0.25, -0.2) is 9.78 Å². The van der Waals surface area contributed by atoms with Gasteiger partial charge in [-0.2, -0.15) is 0 Å². The number of nitrogens with one attached hydrogen (secondary N) is 8. The molecule has 9 atom stereocenters. The van der Waals surface area contributed by atoms with Crippen LogP contribution in [0, 0.1) is 23.7 Å². The summed E-state index contributed by atoms with van der Waals surface area (Å²) in [5.74, 6) is -12.6. The van der Waals surface area contributed by atoms with Crippen molar-refractivity contribution in [2.75, 3.05) is 6.54 Å². The fraction of sp³-hybridized carbons (Fsp3) is 0.682. The van der Waals surface area contributed by atoms with Gasteiger partial charge in [-0.05, 0) is 56.3 Å². The van der Waals surface area contributed by atoms with E-state index >= 15 is 0 Å². The number of rotatable bonds is 28. The Morgan fingerprint density at radius 2 is 1.23 bits per heavy atom. The number of carbonyl (C=O) groups excluding carboxylic acids is 8. The molecule has 69 heavy (non-hydrogen) atoms. The molecule has 13 N–H and O–H groups in total. The third kappa shape index (κ3) is 18.7. The van der Waals surface area contributed by atoms with E-state index in [1.807, 2.05) is 0 Å². The molecule has 1 aromatic rings. The third-order valence-electron chi connectivity index (χ3n) is 11.3. The number of aromatic amines is 1. The lowest BCUT2D eigenvalue weighted by atomic mass is 10.00. The number of nitrogens with two attached hydrogens (primary N) is 1. The maximum atomic E-state index is 14.1. The summed E-state index contributed by atoms with van der Waals surface area (Å²) in [4.78, 5) is 152. The van der Waals surface area contributed by atoms with Crippen molar-refractivity contribution in [3.8, 4) is 0 Å². The van der Waals surface area contributed by atoms with Gasteiger partial charge in [0, 0.05) is 31.3 Å². The zero-order valence-electron chi connectivity index (χ0n) is 40.6. The highest BCUT2D eigenvalue weighted by Crippen LogP contribution is 2.21. The minimum atomic E-state index is -1.82. The first kappa shape index (κ1) is 58.5. The molecular formula is C44H71N11O14. The van der Waals surface area contributed by atoms with Gasteiger partial charge in [-0.1, -0.05) is 55.4 Å². The van der Waals surface area contributed by atoms with Crippen molar-refractivity contribution in [2.45, 2.75) is 162 Å². The van der Waals surface area contributed by atoms with E-state index in [2.05, 4.69) is 47.2 Å². The van der Waals surface area contributed by atoms with Crippen LogP contribution in [0.3, 0.4) is 0 Å². The summed E-state index contributed by atoms with van der Waals surface area (Å²) in [6.45, 7) is 14.6. The van der Waals surface area contributed by atoms with Crippen LogP contribution in [0.25, 0.3) is 0 Å². The van der Waals surface area contributed by atoms with Gasteiger partial charge in [0.15, 0.2) is 0 Å². The Morgan fingerprint density at radius 1 is 0.667 bits per heavy atom. The summed E-state index contributed by atoms with van der Waals surface area (Å²) >= 11 is 0. The van der Waals surface area contributed by atoms with E-state index in [-0.39, 0.29) is 44.1 Å². The molecule has 8 amide bonds. The van der Waals surface area contributed by atoms with Crippen molar-refractivity contribution in [2.24, 2.45) is 29.4 Å². The topological polar surface area (TPSA) is 391 Å². The predicted octanol–water partition coefficient (Wildman–Crippen LogP) is -1.88. The molecule has 1 aromatic heterocycles. The molecule has 0 spiro atoms. The molecule has 0 aromatic carbocycles. The first-order valence-electron chi connectivity index (χ1n) is 23.0. The lowest BCUT2D eigenvalue weighted by Crippen LogP contribution is -2.61. The molecule has 1 aliphatic rings. The van der Waals surface area contributed by atoms with E-state index in [1.165, 1.54) is 19.4 Å². The zero-order chi connectivity index (χ0) is 52.4. The molecular weight excluding hydrogens is 907 g/mol. The maximum absolute atomic E-state index is 14.1. The summed E-state index contributed by atoms with van der Waals surface area (Å²) in [6.07, 6.45) is 0.888. The van der Waals surface area contributed by atoms with Gasteiger partial charge >= 0.3 is 17.9 Å². The van der Waals surface area contributed by atoms with Gasteiger partial charge in [0.25, 0.3) is 0 Å². The van der Waals surface area contributed by atoms with Crippen LogP contribution >= 0.6 is 0 Å². The molecule has 2 rings (SSSR count). The van der Waals surface area contributed by atoms with E-state index in [0.717, 1.165) is 4.90 Å². The van der Waals surface area contributed by atoms with Gasteiger partial charge in [0.2, 0.25) is 47.3 Å². The molecule has 386 valence electrons. The van der Waals surface area contributed by atoms with Gasteiger partial charge in [0.1, 0.15) is 48.3 Å². The number of H-pyrrole nitrogens is 1. The van der Waals surface area contributed by atoms with E-state index < -0.39 is 151 Å². The van der Waals surface area contributed by atoms with Gasteiger partial charge in [0.05, 0.1) is 18.8 Å². The van der Waals surface area contributed by atoms with Crippen molar-refractivity contribution in [3.05, 3.63) is 18.2 Å². The number of aliphatic carboxylic acids is 3. The smallest absolute Gasteiger partial charge is 0.326 e. The second kappa shape index (κ2) is 27.4. The van der Waals surface area contributed by atoms with Crippen molar-refractivity contribution in [1.29, 1.82) is 0 Å². The van der Waals surface area contributed by atoms with Crippen LogP contribution in [0.4, 0.5) is 0 Å². The van der Waals surface area contributed by atoms with Crippen LogP contribution < -0.4 is 43.0 Å². The van der Waals surface area contributed by atoms with Crippen molar-refractivity contribution >= 4 is 65.2 Å². The number of carbonyl (C=O) groups is 11. The normalized spacial score (nSPS) is 17.1. The standard InChI is InChI=1S/C44H71N11O14/c1-20(2)15-27(50-41(65)33(45)21(3)4)39(63)49-26(12-13-31(56)57)37(61)52-29(17-32(58)59)43(67)55-14-10-11-30(55)40(64)53-34(22(5)6)42(66)51-28(16-25-18-46-19-47-25)38(62)48-24(9)36(60)54-35(23(7)8)44(68)69/h18-24,26-30,33-35H,10-17,45H2,1-9H3,(H,46,47)(H,48,62)(H,49,63)(H,50,65)(H,51,66)(H,52,61)(H,53,64)(H,54,60)(H,56,57)(H,58,59)(H,68,69)/t24-,26-,27-,28-,29-,30-,33-,34-,35-/m0/s1. The molecule has 1 aliphatic heterocycles. The Labute approximate surface area is 400 Å². The van der Waals surface area contributed by atoms with E-state index in [4.69, 9.17) is 5.73 Å². The van der Waals surface area contributed by atoms with Crippen molar-refractivity contribution in [3.63, 3.8) is 0 Å². The number of imidazole rings is 1. The van der Waals surface area contributed by atoms with Gasteiger partial charge in [-0.3, -0.25) is 47.9 Å². The Morgan fingerprint density at radius 3 is 1.75 bits per heavy atom. The highest BCUT2D eigenvalue weighted by molar-refractivity contribution is 5.99. The summed E-state index contributed by atoms with van der Waals surface area (Å²) in [5.41, 5.74) is 6.39. The van der Waals surface area contributed by atoms with Crippen LogP contribution in [0.5, 0.6) is 0 Å². The number of amides is 8.